The molecule has 7 heteroatoms. The zero-order chi connectivity index (χ0) is 19.9. The van der Waals surface area contributed by atoms with Crippen molar-refractivity contribution in [2.24, 2.45) is 0 Å². The Morgan fingerprint density at radius 1 is 1.11 bits per heavy atom. The smallest absolute Gasteiger partial charge is 0.406 e. The number of alkyl halides is 3. The van der Waals surface area contributed by atoms with Gasteiger partial charge in [0.05, 0.1) is 0 Å². The number of nitrogens with zero attached hydrogens (tertiary/aromatic N) is 1. The lowest BCUT2D eigenvalue weighted by atomic mass is 9.95. The number of rotatable bonds is 3. The number of nitrogens with one attached hydrogen (secondary N) is 1. The van der Waals surface area contributed by atoms with Gasteiger partial charge in [-0.05, 0) is 54.2 Å². The van der Waals surface area contributed by atoms with Gasteiger partial charge in [-0.15, -0.1) is 13.2 Å². The highest BCUT2D eigenvalue weighted by Crippen LogP contribution is 2.40. The van der Waals surface area contributed by atoms with Gasteiger partial charge in [0.1, 0.15) is 11.3 Å². The molecule has 28 heavy (non-hydrogen) atoms. The fourth-order valence-corrected chi connectivity index (χ4v) is 4.22. The summed E-state index contributed by atoms with van der Waals surface area (Å²) in [5, 5.41) is 3.52. The lowest BCUT2D eigenvalue weighted by Gasteiger charge is -2.23. The molecular formula is C21H21F3N2O2. The van der Waals surface area contributed by atoms with Crippen molar-refractivity contribution in [1.29, 1.82) is 0 Å². The van der Waals surface area contributed by atoms with Crippen molar-refractivity contribution in [1.82, 2.24) is 10.2 Å². The molecule has 1 amide bonds. The number of hydrogen-bond acceptors (Lipinski definition) is 3. The van der Waals surface area contributed by atoms with Gasteiger partial charge in [-0.3, -0.25) is 10.1 Å². The molecule has 2 fully saturated rings. The van der Waals surface area contributed by atoms with E-state index < -0.39 is 11.9 Å². The number of carbonyl (C=O) groups is 1. The van der Waals surface area contributed by atoms with E-state index in [-0.39, 0.29) is 17.7 Å². The van der Waals surface area contributed by atoms with E-state index in [0.717, 1.165) is 36.9 Å². The van der Waals surface area contributed by atoms with Gasteiger partial charge >= 0.3 is 6.36 Å². The number of likely N-dealkylation sites (N-methyl/N-ethyl adjacent to an activating group) is 1. The summed E-state index contributed by atoms with van der Waals surface area (Å²) >= 11 is 0. The second-order valence-electron chi connectivity index (χ2n) is 7.50. The monoisotopic (exact) mass is 390 g/mol. The maximum Gasteiger partial charge on any atom is 0.573 e. The molecule has 2 atom stereocenters. The first-order chi connectivity index (χ1) is 13.3. The molecule has 2 aliphatic heterocycles. The Hall–Kier alpha value is -2.54. The molecule has 0 aliphatic carbocycles. The summed E-state index contributed by atoms with van der Waals surface area (Å²) in [5.74, 6) is -0.101. The van der Waals surface area contributed by atoms with Crippen LogP contribution in [0, 0.1) is 0 Å². The molecule has 1 N–H and O–H groups in total. The molecule has 2 aromatic carbocycles. The summed E-state index contributed by atoms with van der Waals surface area (Å²) in [6, 6.07) is 13.7. The number of benzene rings is 2. The molecule has 0 saturated carbocycles. The van der Waals surface area contributed by atoms with Crippen molar-refractivity contribution in [3.63, 3.8) is 0 Å². The third kappa shape index (κ3) is 3.58. The Labute approximate surface area is 161 Å². The highest BCUT2D eigenvalue weighted by molar-refractivity contribution is 5.88. The quantitative estimate of drug-likeness (QED) is 0.851. The van der Waals surface area contributed by atoms with E-state index in [0.29, 0.717) is 5.56 Å². The highest BCUT2D eigenvalue weighted by atomic mass is 19.4. The average molecular weight is 390 g/mol. The number of hydrogen-bond donors (Lipinski definition) is 1. The van der Waals surface area contributed by atoms with Gasteiger partial charge in [-0.2, -0.15) is 0 Å². The second-order valence-corrected chi connectivity index (χ2v) is 7.50. The van der Waals surface area contributed by atoms with E-state index in [4.69, 9.17) is 0 Å². The molecule has 148 valence electrons. The minimum Gasteiger partial charge on any atom is -0.406 e. The van der Waals surface area contributed by atoms with Gasteiger partial charge < -0.3 is 9.64 Å². The van der Waals surface area contributed by atoms with E-state index in [1.54, 1.807) is 17.0 Å². The predicted molar refractivity (Wildman–Crippen MR) is 98.7 cm³/mol. The van der Waals surface area contributed by atoms with E-state index in [9.17, 15) is 18.0 Å². The number of halogens is 3. The van der Waals surface area contributed by atoms with E-state index in [1.807, 2.05) is 31.3 Å². The van der Waals surface area contributed by atoms with Gasteiger partial charge in [-0.1, -0.05) is 30.3 Å². The molecule has 4 rings (SSSR count). The molecule has 0 radical (unpaired) electrons. The summed E-state index contributed by atoms with van der Waals surface area (Å²) in [6.45, 7) is 0.755. The SMILES string of the molecule is CN1CC[C@]2(CC[C@H](c3cccc(-c4cccc(OC(F)(F)F)c4)c3)N2)C1=O. The summed E-state index contributed by atoms with van der Waals surface area (Å²) in [6.07, 6.45) is -2.28. The van der Waals surface area contributed by atoms with Gasteiger partial charge in [0.25, 0.3) is 0 Å². The van der Waals surface area contributed by atoms with Crippen molar-refractivity contribution in [3.05, 3.63) is 54.1 Å². The van der Waals surface area contributed by atoms with Crippen LogP contribution in [0.2, 0.25) is 0 Å². The minimum atomic E-state index is -4.72. The van der Waals surface area contributed by atoms with Crippen molar-refractivity contribution >= 4 is 5.91 Å². The third-order valence-corrected chi connectivity index (χ3v) is 5.63. The first kappa shape index (κ1) is 18.8. The highest BCUT2D eigenvalue weighted by Gasteiger charge is 2.49. The summed E-state index contributed by atoms with van der Waals surface area (Å²) in [7, 11) is 1.82. The van der Waals surface area contributed by atoms with Crippen LogP contribution < -0.4 is 10.1 Å². The van der Waals surface area contributed by atoms with Crippen LogP contribution in [0.15, 0.2) is 48.5 Å². The minimum absolute atomic E-state index is 0.0463. The number of ether oxygens (including phenoxy) is 1. The Morgan fingerprint density at radius 2 is 1.82 bits per heavy atom. The fourth-order valence-electron chi connectivity index (χ4n) is 4.22. The first-order valence-electron chi connectivity index (χ1n) is 9.25. The Morgan fingerprint density at radius 3 is 2.50 bits per heavy atom. The third-order valence-electron chi connectivity index (χ3n) is 5.63. The van der Waals surface area contributed by atoms with Crippen LogP contribution in [0.1, 0.15) is 30.9 Å². The van der Waals surface area contributed by atoms with Crippen molar-refractivity contribution in [2.75, 3.05) is 13.6 Å². The van der Waals surface area contributed by atoms with Crippen LogP contribution in [-0.4, -0.2) is 36.3 Å². The molecule has 0 unspecified atom stereocenters. The molecular weight excluding hydrogens is 369 g/mol. The van der Waals surface area contributed by atoms with E-state index in [1.165, 1.54) is 12.1 Å². The zero-order valence-corrected chi connectivity index (χ0v) is 15.4. The molecule has 2 saturated heterocycles. The normalized spacial score (nSPS) is 24.9. The molecule has 2 aliphatic rings. The van der Waals surface area contributed by atoms with Gasteiger partial charge in [-0.25, -0.2) is 0 Å². The van der Waals surface area contributed by atoms with E-state index >= 15 is 0 Å². The Balaban J connectivity index is 1.56. The van der Waals surface area contributed by atoms with Crippen LogP contribution in [0.3, 0.4) is 0 Å². The molecule has 2 heterocycles. The predicted octanol–water partition coefficient (Wildman–Crippen LogP) is 4.28. The molecule has 2 aromatic rings. The van der Waals surface area contributed by atoms with Crippen LogP contribution in [0.4, 0.5) is 13.2 Å². The van der Waals surface area contributed by atoms with Crippen LogP contribution >= 0.6 is 0 Å². The number of amides is 1. The molecule has 1 spiro atoms. The zero-order valence-electron chi connectivity index (χ0n) is 15.4. The molecule has 0 bridgehead atoms. The van der Waals surface area contributed by atoms with E-state index in [2.05, 4.69) is 10.1 Å². The summed E-state index contributed by atoms with van der Waals surface area (Å²) < 4.78 is 41.5. The molecule has 0 aromatic heterocycles. The van der Waals surface area contributed by atoms with Gasteiger partial charge in [0, 0.05) is 19.6 Å². The molecule has 4 nitrogen and oxygen atoms in total. The largest absolute Gasteiger partial charge is 0.573 e. The topological polar surface area (TPSA) is 41.6 Å². The second kappa shape index (κ2) is 6.81. The average Bonchev–Trinajstić information content (AvgIpc) is 3.21. The van der Waals surface area contributed by atoms with Crippen molar-refractivity contribution in [2.45, 2.75) is 37.2 Å². The van der Waals surface area contributed by atoms with Crippen LogP contribution in [-0.2, 0) is 4.79 Å². The lowest BCUT2D eigenvalue weighted by molar-refractivity contribution is -0.274. The Kier molecular flexibility index (Phi) is 4.57. The van der Waals surface area contributed by atoms with Crippen LogP contribution in [0.5, 0.6) is 5.75 Å². The maximum absolute atomic E-state index is 12.5. The van der Waals surface area contributed by atoms with Crippen molar-refractivity contribution < 1.29 is 22.7 Å². The maximum atomic E-state index is 12.5. The number of likely N-dealkylation sites (tertiary alicyclic amines) is 1. The van der Waals surface area contributed by atoms with Gasteiger partial charge in [0.2, 0.25) is 5.91 Å². The van der Waals surface area contributed by atoms with Crippen molar-refractivity contribution in [3.8, 4) is 16.9 Å². The first-order valence-corrected chi connectivity index (χ1v) is 9.25. The summed E-state index contributed by atoms with van der Waals surface area (Å²) in [4.78, 5) is 14.3. The van der Waals surface area contributed by atoms with Gasteiger partial charge in [0.15, 0.2) is 0 Å². The standard InChI is InChI=1S/C21H21F3N2O2/c1-26-11-10-20(19(26)27)9-8-18(25-20)16-6-2-4-14(12-16)15-5-3-7-17(13-15)28-21(22,23)24/h2-7,12-13,18,25H,8-11H2,1H3/t18-,20-/m1/s1. The Bertz CT molecular complexity index is 899. The lowest BCUT2D eigenvalue weighted by Crippen LogP contribution is -2.47. The number of carbonyl (C=O) groups excluding carboxylic acids is 1. The van der Waals surface area contributed by atoms with Crippen LogP contribution in [0.25, 0.3) is 11.1 Å². The summed E-state index contributed by atoms with van der Waals surface area (Å²) in [5.41, 5.74) is 2.00. The fraction of sp³-hybridized carbons (Fsp3) is 0.381.